The lowest BCUT2D eigenvalue weighted by Crippen LogP contribution is -2.09. The van der Waals surface area contributed by atoms with Crippen LogP contribution in [0.5, 0.6) is 0 Å². The van der Waals surface area contributed by atoms with E-state index in [1.165, 1.54) is 6.08 Å². The first-order valence-corrected chi connectivity index (χ1v) is 4.70. The Balaban J connectivity index is 2.44. The largest absolute Gasteiger partial charge is 0.463 e. The molecule has 0 aromatic heterocycles. The predicted molar refractivity (Wildman–Crippen MR) is 49.4 cm³/mol. The summed E-state index contributed by atoms with van der Waals surface area (Å²) >= 11 is 0. The van der Waals surface area contributed by atoms with Gasteiger partial charge in [-0.15, -0.1) is 0 Å². The summed E-state index contributed by atoms with van der Waals surface area (Å²) in [7, 11) is 0. The van der Waals surface area contributed by atoms with E-state index in [0.29, 0.717) is 6.61 Å². The molecule has 0 N–H and O–H groups in total. The van der Waals surface area contributed by atoms with Gasteiger partial charge in [0.2, 0.25) is 0 Å². The molecular weight excluding hydrogens is 168 g/mol. The van der Waals surface area contributed by atoms with E-state index in [0.717, 1.165) is 25.0 Å². The highest BCUT2D eigenvalue weighted by Gasteiger charge is 2.17. The van der Waals surface area contributed by atoms with Crippen LogP contribution in [0, 0.1) is 0 Å². The van der Waals surface area contributed by atoms with Crippen LogP contribution in [0.3, 0.4) is 0 Å². The van der Waals surface area contributed by atoms with Crippen molar-refractivity contribution in [3.05, 3.63) is 11.6 Å². The summed E-state index contributed by atoms with van der Waals surface area (Å²) in [5, 5.41) is 0. The van der Waals surface area contributed by atoms with Crippen LogP contribution < -0.4 is 0 Å². The van der Waals surface area contributed by atoms with E-state index in [1.54, 1.807) is 6.92 Å². The second-order valence-corrected chi connectivity index (χ2v) is 3.14. The van der Waals surface area contributed by atoms with Gasteiger partial charge >= 0.3 is 5.97 Å². The molecule has 0 radical (unpaired) electrons. The van der Waals surface area contributed by atoms with Crippen LogP contribution >= 0.6 is 0 Å². The lowest BCUT2D eigenvalue weighted by Gasteiger charge is -2.08. The average molecular weight is 184 g/mol. The van der Waals surface area contributed by atoms with Gasteiger partial charge in [0.1, 0.15) is 0 Å². The van der Waals surface area contributed by atoms with Crippen molar-refractivity contribution in [1.82, 2.24) is 0 Å². The molecule has 0 aromatic rings. The first-order valence-electron chi connectivity index (χ1n) is 4.70. The summed E-state index contributed by atoms with van der Waals surface area (Å²) < 4.78 is 10.2. The fourth-order valence-corrected chi connectivity index (χ4v) is 1.40. The van der Waals surface area contributed by atoms with E-state index in [-0.39, 0.29) is 12.1 Å². The third kappa shape index (κ3) is 3.19. The number of rotatable bonds is 3. The highest BCUT2D eigenvalue weighted by molar-refractivity contribution is 5.82. The fraction of sp³-hybridized carbons (Fsp3) is 0.700. The molecule has 13 heavy (non-hydrogen) atoms. The molecule has 3 heteroatoms. The van der Waals surface area contributed by atoms with Gasteiger partial charge in [-0.3, -0.25) is 0 Å². The zero-order valence-corrected chi connectivity index (χ0v) is 8.21. The van der Waals surface area contributed by atoms with Crippen LogP contribution in [0.1, 0.15) is 26.7 Å². The highest BCUT2D eigenvalue weighted by Crippen LogP contribution is 2.19. The lowest BCUT2D eigenvalue weighted by molar-refractivity contribution is -0.137. The van der Waals surface area contributed by atoms with Crippen LogP contribution in [-0.2, 0) is 14.3 Å². The number of hydrogen-bond acceptors (Lipinski definition) is 3. The third-order valence-electron chi connectivity index (χ3n) is 2.07. The monoisotopic (exact) mass is 184 g/mol. The maximum Gasteiger partial charge on any atom is 0.330 e. The van der Waals surface area contributed by atoms with Crippen LogP contribution in [-0.4, -0.2) is 25.3 Å². The minimum atomic E-state index is -0.268. The number of carbonyl (C=O) groups excluding carboxylic acids is 1. The molecule has 3 nitrogen and oxygen atoms in total. The van der Waals surface area contributed by atoms with Crippen molar-refractivity contribution in [2.24, 2.45) is 0 Å². The van der Waals surface area contributed by atoms with E-state index in [2.05, 4.69) is 0 Å². The van der Waals surface area contributed by atoms with Gasteiger partial charge in [-0.2, -0.15) is 0 Å². The van der Waals surface area contributed by atoms with Gasteiger partial charge in [-0.25, -0.2) is 4.79 Å². The predicted octanol–water partition coefficient (Wildman–Crippen LogP) is 1.67. The number of ether oxygens (including phenoxy) is 2. The zero-order chi connectivity index (χ0) is 9.68. The second-order valence-electron chi connectivity index (χ2n) is 3.14. The minimum Gasteiger partial charge on any atom is -0.463 e. The summed E-state index contributed by atoms with van der Waals surface area (Å²) in [6.45, 7) is 4.94. The highest BCUT2D eigenvalue weighted by atomic mass is 16.5. The topological polar surface area (TPSA) is 35.5 Å². The minimum absolute atomic E-state index is 0.129. The Bertz CT molecular complexity index is 202. The molecule has 1 fully saturated rings. The lowest BCUT2D eigenvalue weighted by atomic mass is 10.1. The Hall–Kier alpha value is -0.830. The van der Waals surface area contributed by atoms with Gasteiger partial charge in [0.15, 0.2) is 0 Å². The van der Waals surface area contributed by atoms with Gasteiger partial charge in [-0.05, 0) is 32.3 Å². The third-order valence-corrected chi connectivity index (χ3v) is 2.07. The van der Waals surface area contributed by atoms with Crippen LogP contribution in [0.25, 0.3) is 0 Å². The number of carbonyl (C=O) groups is 1. The van der Waals surface area contributed by atoms with Crippen molar-refractivity contribution in [3.63, 3.8) is 0 Å². The molecule has 0 aromatic carbocycles. The molecule has 1 atom stereocenters. The summed E-state index contributed by atoms with van der Waals surface area (Å²) in [4.78, 5) is 11.1. The average Bonchev–Trinajstić information content (AvgIpc) is 2.55. The van der Waals surface area contributed by atoms with E-state index in [4.69, 9.17) is 9.47 Å². The van der Waals surface area contributed by atoms with E-state index < -0.39 is 0 Å². The molecule has 74 valence electrons. The molecule has 1 aliphatic rings. The van der Waals surface area contributed by atoms with Gasteiger partial charge in [0.25, 0.3) is 0 Å². The summed E-state index contributed by atoms with van der Waals surface area (Å²) in [5.74, 6) is -0.268. The van der Waals surface area contributed by atoms with E-state index >= 15 is 0 Å². The Labute approximate surface area is 78.7 Å². The maximum absolute atomic E-state index is 11.1. The molecule has 0 aliphatic carbocycles. The van der Waals surface area contributed by atoms with Gasteiger partial charge in [0, 0.05) is 12.7 Å². The molecule has 0 spiro atoms. The Kier molecular flexibility index (Phi) is 3.96. The quantitative estimate of drug-likeness (QED) is 0.494. The maximum atomic E-state index is 11.1. The van der Waals surface area contributed by atoms with Crippen molar-refractivity contribution in [2.45, 2.75) is 32.8 Å². The van der Waals surface area contributed by atoms with Crippen molar-refractivity contribution in [1.29, 1.82) is 0 Å². The number of esters is 1. The van der Waals surface area contributed by atoms with Crippen LogP contribution in [0.2, 0.25) is 0 Å². The molecule has 0 amide bonds. The van der Waals surface area contributed by atoms with Crippen LogP contribution in [0.15, 0.2) is 11.6 Å². The summed E-state index contributed by atoms with van der Waals surface area (Å²) in [6.07, 6.45) is 3.75. The molecule has 1 saturated heterocycles. The van der Waals surface area contributed by atoms with Gasteiger partial charge < -0.3 is 9.47 Å². The molecule has 0 bridgehead atoms. The Morgan fingerprint density at radius 1 is 1.69 bits per heavy atom. The van der Waals surface area contributed by atoms with Crippen molar-refractivity contribution >= 4 is 5.97 Å². The van der Waals surface area contributed by atoms with E-state index in [9.17, 15) is 4.79 Å². The van der Waals surface area contributed by atoms with Crippen molar-refractivity contribution in [2.75, 3.05) is 13.2 Å². The second kappa shape index (κ2) is 5.02. The van der Waals surface area contributed by atoms with Gasteiger partial charge in [0.05, 0.1) is 12.7 Å². The molecular formula is C10H16O3. The zero-order valence-electron chi connectivity index (χ0n) is 8.21. The smallest absolute Gasteiger partial charge is 0.330 e. The van der Waals surface area contributed by atoms with Crippen molar-refractivity contribution < 1.29 is 14.3 Å². The van der Waals surface area contributed by atoms with E-state index in [1.807, 2.05) is 6.92 Å². The molecule has 1 aliphatic heterocycles. The molecule has 1 rings (SSSR count). The fourth-order valence-electron chi connectivity index (χ4n) is 1.40. The SMILES string of the molecule is CCOC(=O)/C=C(\C)[C@H]1CCCO1. The first-order chi connectivity index (χ1) is 6.24. The molecule has 0 unspecified atom stereocenters. The number of hydrogen-bond donors (Lipinski definition) is 0. The summed E-state index contributed by atoms with van der Waals surface area (Å²) in [6, 6.07) is 0. The standard InChI is InChI=1S/C10H16O3/c1-3-12-10(11)7-8(2)9-5-4-6-13-9/h7,9H,3-6H2,1-2H3/b8-7+/t9-/m1/s1. The van der Waals surface area contributed by atoms with Gasteiger partial charge in [-0.1, -0.05) is 0 Å². The van der Waals surface area contributed by atoms with Crippen LogP contribution in [0.4, 0.5) is 0 Å². The van der Waals surface area contributed by atoms with Crippen molar-refractivity contribution in [3.8, 4) is 0 Å². The normalized spacial score (nSPS) is 23.2. The summed E-state index contributed by atoms with van der Waals surface area (Å²) in [5.41, 5.74) is 0.968. The first kappa shape index (κ1) is 10.3. The molecule has 1 heterocycles. The Morgan fingerprint density at radius 2 is 2.46 bits per heavy atom. The Morgan fingerprint density at radius 3 is 3.00 bits per heavy atom. The molecule has 0 saturated carbocycles.